The lowest BCUT2D eigenvalue weighted by Crippen LogP contribution is -2.35. The number of hydrogen-bond acceptors (Lipinski definition) is 3. The van der Waals surface area contributed by atoms with Gasteiger partial charge in [-0.05, 0) is 36.7 Å². The molecule has 4 heteroatoms. The standard InChI is InChI=1S/C19H23N3O/c23-19(15-22-12-5-1-2-6-13-22)21-20-14-17-10-7-9-16-8-3-4-11-18(16)17/h3-4,7-11,14H,1-2,5-6,12-13,15H2,(H,21,23)/b20-14+. The van der Waals surface area contributed by atoms with Crippen molar-refractivity contribution in [1.29, 1.82) is 0 Å². The third kappa shape index (κ3) is 4.39. The van der Waals surface area contributed by atoms with Crippen LogP contribution in [0.2, 0.25) is 0 Å². The molecule has 0 saturated carbocycles. The van der Waals surface area contributed by atoms with Gasteiger partial charge in [0.15, 0.2) is 0 Å². The van der Waals surface area contributed by atoms with Crippen molar-refractivity contribution in [3.05, 3.63) is 48.0 Å². The lowest BCUT2D eigenvalue weighted by atomic mass is 10.1. The van der Waals surface area contributed by atoms with E-state index in [4.69, 9.17) is 0 Å². The Hall–Kier alpha value is -2.20. The molecule has 0 radical (unpaired) electrons. The molecule has 0 aromatic heterocycles. The average molecular weight is 309 g/mol. The molecule has 23 heavy (non-hydrogen) atoms. The van der Waals surface area contributed by atoms with E-state index in [2.05, 4.69) is 33.6 Å². The second-order valence-corrected chi connectivity index (χ2v) is 6.05. The molecule has 0 atom stereocenters. The molecule has 4 nitrogen and oxygen atoms in total. The second kappa shape index (κ2) is 7.88. The van der Waals surface area contributed by atoms with E-state index in [1.54, 1.807) is 6.21 Å². The van der Waals surface area contributed by atoms with Crippen molar-refractivity contribution in [1.82, 2.24) is 10.3 Å². The summed E-state index contributed by atoms with van der Waals surface area (Å²) in [5.41, 5.74) is 3.66. The van der Waals surface area contributed by atoms with E-state index < -0.39 is 0 Å². The van der Waals surface area contributed by atoms with E-state index in [1.807, 2.05) is 24.3 Å². The highest BCUT2D eigenvalue weighted by atomic mass is 16.2. The fourth-order valence-electron chi connectivity index (χ4n) is 3.07. The molecule has 1 N–H and O–H groups in total. The van der Waals surface area contributed by atoms with Crippen molar-refractivity contribution in [2.75, 3.05) is 19.6 Å². The zero-order valence-corrected chi connectivity index (χ0v) is 13.4. The van der Waals surface area contributed by atoms with Crippen LogP contribution in [0.15, 0.2) is 47.6 Å². The van der Waals surface area contributed by atoms with Gasteiger partial charge in [-0.1, -0.05) is 55.3 Å². The van der Waals surface area contributed by atoms with Gasteiger partial charge in [-0.2, -0.15) is 5.10 Å². The Morgan fingerprint density at radius 1 is 1.04 bits per heavy atom. The first-order chi connectivity index (χ1) is 11.3. The van der Waals surface area contributed by atoms with Gasteiger partial charge in [0.1, 0.15) is 0 Å². The van der Waals surface area contributed by atoms with Gasteiger partial charge in [0.05, 0.1) is 12.8 Å². The van der Waals surface area contributed by atoms with Crippen LogP contribution < -0.4 is 5.43 Å². The summed E-state index contributed by atoms with van der Waals surface area (Å²) in [4.78, 5) is 14.2. The summed E-state index contributed by atoms with van der Waals surface area (Å²) in [6.45, 7) is 2.47. The number of carbonyl (C=O) groups excluding carboxylic acids is 1. The first-order valence-corrected chi connectivity index (χ1v) is 8.35. The minimum absolute atomic E-state index is 0.0385. The molecule has 0 bridgehead atoms. The quantitative estimate of drug-likeness (QED) is 0.696. The summed E-state index contributed by atoms with van der Waals surface area (Å²) >= 11 is 0. The molecule has 2 aromatic carbocycles. The van der Waals surface area contributed by atoms with Gasteiger partial charge >= 0.3 is 0 Å². The van der Waals surface area contributed by atoms with Crippen molar-refractivity contribution < 1.29 is 4.79 Å². The summed E-state index contributed by atoms with van der Waals surface area (Å²) in [6.07, 6.45) is 6.65. The summed E-state index contributed by atoms with van der Waals surface area (Å²) in [5.74, 6) is -0.0385. The van der Waals surface area contributed by atoms with Gasteiger partial charge in [-0.15, -0.1) is 0 Å². The van der Waals surface area contributed by atoms with E-state index in [9.17, 15) is 4.79 Å². The van der Waals surface area contributed by atoms with Crippen LogP contribution in [0.3, 0.4) is 0 Å². The van der Waals surface area contributed by atoms with Gasteiger partial charge in [0.25, 0.3) is 5.91 Å². The van der Waals surface area contributed by atoms with Crippen molar-refractivity contribution in [3.63, 3.8) is 0 Å². The van der Waals surface area contributed by atoms with Crippen LogP contribution in [-0.4, -0.2) is 36.7 Å². The smallest absolute Gasteiger partial charge is 0.254 e. The normalized spacial score (nSPS) is 16.5. The Morgan fingerprint density at radius 2 is 1.78 bits per heavy atom. The molecular formula is C19H23N3O. The number of amides is 1. The summed E-state index contributed by atoms with van der Waals surface area (Å²) in [6, 6.07) is 14.3. The third-order valence-corrected chi connectivity index (χ3v) is 4.28. The first kappa shape index (κ1) is 15.7. The number of carbonyl (C=O) groups is 1. The highest BCUT2D eigenvalue weighted by Gasteiger charge is 2.12. The van der Waals surface area contributed by atoms with Crippen LogP contribution in [0.4, 0.5) is 0 Å². The van der Waals surface area contributed by atoms with Crippen LogP contribution in [0, 0.1) is 0 Å². The van der Waals surface area contributed by atoms with Crippen LogP contribution in [0.25, 0.3) is 10.8 Å². The maximum Gasteiger partial charge on any atom is 0.254 e. The predicted octanol–water partition coefficient (Wildman–Crippen LogP) is 3.17. The molecular weight excluding hydrogens is 286 g/mol. The van der Waals surface area contributed by atoms with Crippen LogP contribution >= 0.6 is 0 Å². The molecule has 1 amide bonds. The van der Waals surface area contributed by atoms with Gasteiger partial charge in [0.2, 0.25) is 0 Å². The number of hydrogen-bond donors (Lipinski definition) is 1. The Kier molecular flexibility index (Phi) is 5.37. The summed E-state index contributed by atoms with van der Waals surface area (Å²) in [7, 11) is 0. The molecule has 1 aliphatic rings. The molecule has 0 spiro atoms. The number of likely N-dealkylation sites (tertiary alicyclic amines) is 1. The minimum Gasteiger partial charge on any atom is -0.294 e. The molecule has 1 heterocycles. The number of nitrogens with zero attached hydrogens (tertiary/aromatic N) is 2. The summed E-state index contributed by atoms with van der Waals surface area (Å²) < 4.78 is 0. The largest absolute Gasteiger partial charge is 0.294 e. The lowest BCUT2D eigenvalue weighted by Gasteiger charge is -2.17. The SMILES string of the molecule is O=C(CN1CCCCCC1)N/N=C/c1cccc2ccccc12. The van der Waals surface area contributed by atoms with E-state index in [-0.39, 0.29) is 5.91 Å². The van der Waals surface area contributed by atoms with Crippen LogP contribution in [-0.2, 0) is 4.79 Å². The van der Waals surface area contributed by atoms with Gasteiger partial charge in [-0.3, -0.25) is 9.69 Å². The maximum absolute atomic E-state index is 12.0. The maximum atomic E-state index is 12.0. The molecule has 120 valence electrons. The predicted molar refractivity (Wildman–Crippen MR) is 94.6 cm³/mol. The van der Waals surface area contributed by atoms with Crippen molar-refractivity contribution in [2.24, 2.45) is 5.10 Å². The summed E-state index contributed by atoms with van der Waals surface area (Å²) in [5, 5.41) is 6.44. The molecule has 1 fully saturated rings. The molecule has 0 unspecified atom stereocenters. The zero-order valence-electron chi connectivity index (χ0n) is 13.4. The number of hydrazone groups is 1. The highest BCUT2D eigenvalue weighted by molar-refractivity contribution is 5.99. The zero-order chi connectivity index (χ0) is 15.9. The molecule has 0 aliphatic carbocycles. The number of rotatable bonds is 4. The van der Waals surface area contributed by atoms with Crippen molar-refractivity contribution in [3.8, 4) is 0 Å². The van der Waals surface area contributed by atoms with Crippen LogP contribution in [0.1, 0.15) is 31.2 Å². The van der Waals surface area contributed by atoms with Gasteiger partial charge in [-0.25, -0.2) is 5.43 Å². The van der Waals surface area contributed by atoms with Crippen LogP contribution in [0.5, 0.6) is 0 Å². The third-order valence-electron chi connectivity index (χ3n) is 4.28. The van der Waals surface area contributed by atoms with E-state index in [1.165, 1.54) is 31.1 Å². The van der Waals surface area contributed by atoms with Gasteiger partial charge in [0, 0.05) is 5.56 Å². The fourth-order valence-corrected chi connectivity index (χ4v) is 3.07. The van der Waals surface area contributed by atoms with Crippen molar-refractivity contribution in [2.45, 2.75) is 25.7 Å². The average Bonchev–Trinajstić information content (AvgIpc) is 2.84. The first-order valence-electron chi connectivity index (χ1n) is 8.35. The van der Waals surface area contributed by atoms with E-state index in [0.717, 1.165) is 24.0 Å². The minimum atomic E-state index is -0.0385. The molecule has 2 aromatic rings. The molecule has 3 rings (SSSR count). The Morgan fingerprint density at radius 3 is 2.61 bits per heavy atom. The van der Waals surface area contributed by atoms with Gasteiger partial charge < -0.3 is 0 Å². The highest BCUT2D eigenvalue weighted by Crippen LogP contribution is 2.16. The Balaban J connectivity index is 1.58. The topological polar surface area (TPSA) is 44.7 Å². The number of nitrogens with one attached hydrogen (secondary N) is 1. The lowest BCUT2D eigenvalue weighted by molar-refractivity contribution is -0.122. The monoisotopic (exact) mass is 309 g/mol. The van der Waals surface area contributed by atoms with E-state index in [0.29, 0.717) is 6.54 Å². The Bertz CT molecular complexity index is 683. The fraction of sp³-hybridized carbons (Fsp3) is 0.368. The Labute approximate surface area is 137 Å². The molecule has 1 saturated heterocycles. The number of fused-ring (bicyclic) bond motifs is 1. The number of benzene rings is 2. The molecule has 1 aliphatic heterocycles. The van der Waals surface area contributed by atoms with E-state index >= 15 is 0 Å². The van der Waals surface area contributed by atoms with Crippen molar-refractivity contribution >= 4 is 22.9 Å². The second-order valence-electron chi connectivity index (χ2n) is 6.05.